The molecule has 0 saturated heterocycles. The van der Waals surface area contributed by atoms with Gasteiger partial charge in [0.15, 0.2) is 6.10 Å². The second-order valence-corrected chi connectivity index (χ2v) is 5.87. The van der Waals surface area contributed by atoms with Gasteiger partial charge in [-0.25, -0.2) is 0 Å². The number of rotatable bonds is 9. The maximum absolute atomic E-state index is 12.2. The third kappa shape index (κ3) is 7.67. The molecule has 0 aliphatic carbocycles. The Kier molecular flexibility index (Phi) is 8.58. The number of carbonyl (C=O) groups excluding carboxylic acids is 2. The third-order valence-corrected chi connectivity index (χ3v) is 3.42. The predicted molar refractivity (Wildman–Crippen MR) is 76.6 cm³/mol. The molecule has 0 bridgehead atoms. The van der Waals surface area contributed by atoms with Crippen molar-refractivity contribution in [3.05, 3.63) is 0 Å². The molecule has 0 aromatic rings. The molecule has 23 heavy (non-hydrogen) atoms. The van der Waals surface area contributed by atoms with Gasteiger partial charge in [0.2, 0.25) is 0 Å². The van der Waals surface area contributed by atoms with E-state index in [1.54, 1.807) is 27.7 Å². The van der Waals surface area contributed by atoms with Crippen LogP contribution < -0.4 is 0 Å². The third-order valence-electron chi connectivity index (χ3n) is 3.42. The fourth-order valence-corrected chi connectivity index (χ4v) is 1.33. The zero-order chi connectivity index (χ0) is 18.3. The summed E-state index contributed by atoms with van der Waals surface area (Å²) in [7, 11) is 0. The Morgan fingerprint density at radius 2 is 1.61 bits per heavy atom. The standard InChI is InChI=1S/C15H25F3O5/c1-6-14(5,9-23-12(19)10(2)3)13(20)22-8-7-21-11(4)15(16,17)18/h10-11H,6-9H2,1-5H3. The van der Waals surface area contributed by atoms with Crippen LogP contribution in [0.4, 0.5) is 13.2 Å². The highest BCUT2D eigenvalue weighted by molar-refractivity contribution is 5.77. The highest BCUT2D eigenvalue weighted by Gasteiger charge is 2.37. The van der Waals surface area contributed by atoms with Crippen LogP contribution in [0.25, 0.3) is 0 Å². The maximum atomic E-state index is 12.2. The quantitative estimate of drug-likeness (QED) is 0.476. The Bertz CT molecular complexity index is 395. The van der Waals surface area contributed by atoms with Crippen LogP contribution in [-0.2, 0) is 23.8 Å². The van der Waals surface area contributed by atoms with Gasteiger partial charge in [0, 0.05) is 0 Å². The molecule has 8 heteroatoms. The van der Waals surface area contributed by atoms with Crippen LogP contribution in [0, 0.1) is 11.3 Å². The van der Waals surface area contributed by atoms with Crippen LogP contribution in [0.3, 0.4) is 0 Å². The van der Waals surface area contributed by atoms with Crippen LogP contribution in [0.1, 0.15) is 41.0 Å². The number of carbonyl (C=O) groups is 2. The van der Waals surface area contributed by atoms with Crippen molar-refractivity contribution in [2.24, 2.45) is 11.3 Å². The van der Waals surface area contributed by atoms with Gasteiger partial charge in [0.1, 0.15) is 13.2 Å². The first-order valence-corrected chi connectivity index (χ1v) is 7.46. The molecule has 2 unspecified atom stereocenters. The molecule has 0 aromatic carbocycles. The Labute approximate surface area is 134 Å². The Morgan fingerprint density at radius 3 is 2.04 bits per heavy atom. The largest absolute Gasteiger partial charge is 0.464 e. The van der Waals surface area contributed by atoms with E-state index in [9.17, 15) is 22.8 Å². The highest BCUT2D eigenvalue weighted by Crippen LogP contribution is 2.25. The lowest BCUT2D eigenvalue weighted by molar-refractivity contribution is -0.217. The molecule has 0 spiro atoms. The summed E-state index contributed by atoms with van der Waals surface area (Å²) in [4.78, 5) is 23.5. The number of halogens is 3. The summed E-state index contributed by atoms with van der Waals surface area (Å²) < 4.78 is 51.2. The van der Waals surface area contributed by atoms with Crippen LogP contribution in [0.2, 0.25) is 0 Å². The fourth-order valence-electron chi connectivity index (χ4n) is 1.33. The molecule has 0 amide bonds. The first-order valence-electron chi connectivity index (χ1n) is 7.46. The van der Waals surface area contributed by atoms with Crippen molar-refractivity contribution >= 4 is 11.9 Å². The molecule has 0 aliphatic heterocycles. The van der Waals surface area contributed by atoms with Gasteiger partial charge in [-0.05, 0) is 20.3 Å². The summed E-state index contributed by atoms with van der Waals surface area (Å²) in [5.41, 5.74) is -1.04. The number of hydrogen-bond acceptors (Lipinski definition) is 5. The topological polar surface area (TPSA) is 61.8 Å². The molecule has 0 N–H and O–H groups in total. The van der Waals surface area contributed by atoms with Gasteiger partial charge >= 0.3 is 18.1 Å². The molecule has 0 aliphatic rings. The van der Waals surface area contributed by atoms with E-state index >= 15 is 0 Å². The van der Waals surface area contributed by atoms with Gasteiger partial charge in [0.25, 0.3) is 0 Å². The molecule has 136 valence electrons. The molecule has 0 fully saturated rings. The van der Waals surface area contributed by atoms with Gasteiger partial charge < -0.3 is 14.2 Å². The lowest BCUT2D eigenvalue weighted by Crippen LogP contribution is -2.36. The van der Waals surface area contributed by atoms with E-state index in [0.29, 0.717) is 6.42 Å². The van der Waals surface area contributed by atoms with Crippen molar-refractivity contribution in [1.29, 1.82) is 0 Å². The van der Waals surface area contributed by atoms with Crippen LogP contribution in [0.5, 0.6) is 0 Å². The minimum Gasteiger partial charge on any atom is -0.464 e. The second-order valence-electron chi connectivity index (χ2n) is 5.87. The van der Waals surface area contributed by atoms with Crippen molar-refractivity contribution in [3.63, 3.8) is 0 Å². The van der Waals surface area contributed by atoms with Gasteiger partial charge in [-0.15, -0.1) is 0 Å². The summed E-state index contributed by atoms with van der Waals surface area (Å²) in [6.07, 6.45) is -6.02. The summed E-state index contributed by atoms with van der Waals surface area (Å²) in [5, 5.41) is 0. The van der Waals surface area contributed by atoms with Crippen LogP contribution in [-0.4, -0.2) is 44.0 Å². The monoisotopic (exact) mass is 342 g/mol. The van der Waals surface area contributed by atoms with Gasteiger partial charge in [-0.3, -0.25) is 9.59 Å². The maximum Gasteiger partial charge on any atom is 0.414 e. The first-order chi connectivity index (χ1) is 10.4. The Morgan fingerprint density at radius 1 is 1.04 bits per heavy atom. The molecule has 0 rings (SSSR count). The van der Waals surface area contributed by atoms with Crippen LogP contribution in [0.15, 0.2) is 0 Å². The average molecular weight is 342 g/mol. The SMILES string of the molecule is CCC(C)(COC(=O)C(C)C)C(=O)OCCOC(C)C(F)(F)F. The zero-order valence-electron chi connectivity index (χ0n) is 14.2. The number of hydrogen-bond donors (Lipinski definition) is 0. The van der Waals surface area contributed by atoms with E-state index < -0.39 is 29.6 Å². The van der Waals surface area contributed by atoms with Crippen LogP contribution >= 0.6 is 0 Å². The van der Waals surface area contributed by atoms with E-state index in [1.165, 1.54) is 0 Å². The van der Waals surface area contributed by atoms with Gasteiger partial charge in [-0.2, -0.15) is 13.2 Å². The number of alkyl halides is 3. The lowest BCUT2D eigenvalue weighted by Gasteiger charge is -2.26. The van der Waals surface area contributed by atoms with Gasteiger partial charge in [0.05, 0.1) is 17.9 Å². The van der Waals surface area contributed by atoms with Crippen molar-refractivity contribution in [2.75, 3.05) is 19.8 Å². The Balaban J connectivity index is 4.31. The number of esters is 2. The Hall–Kier alpha value is -1.31. The smallest absolute Gasteiger partial charge is 0.414 e. The van der Waals surface area contributed by atoms with E-state index in [4.69, 9.17) is 9.47 Å². The number of ether oxygens (including phenoxy) is 3. The lowest BCUT2D eigenvalue weighted by atomic mass is 9.89. The summed E-state index contributed by atoms with van der Waals surface area (Å²) in [5.74, 6) is -1.39. The molecule has 5 nitrogen and oxygen atoms in total. The van der Waals surface area contributed by atoms with Crippen molar-refractivity contribution in [3.8, 4) is 0 Å². The molecule has 0 heterocycles. The second kappa shape index (κ2) is 9.10. The summed E-state index contributed by atoms with van der Waals surface area (Å²) >= 11 is 0. The van der Waals surface area contributed by atoms with Crippen molar-refractivity contribution < 1.29 is 37.0 Å². The zero-order valence-corrected chi connectivity index (χ0v) is 14.2. The van der Waals surface area contributed by atoms with Crippen molar-refractivity contribution in [2.45, 2.75) is 53.3 Å². The molecular formula is C15H25F3O5. The summed E-state index contributed by atoms with van der Waals surface area (Å²) in [6, 6.07) is 0. The minimum absolute atomic E-state index is 0.140. The predicted octanol–water partition coefficient (Wildman–Crippen LogP) is 3.11. The molecule has 0 saturated carbocycles. The highest BCUT2D eigenvalue weighted by atomic mass is 19.4. The fraction of sp³-hybridized carbons (Fsp3) is 0.867. The molecular weight excluding hydrogens is 317 g/mol. The average Bonchev–Trinajstić information content (AvgIpc) is 2.46. The summed E-state index contributed by atoms with van der Waals surface area (Å²) in [6.45, 7) is 6.72. The first kappa shape index (κ1) is 21.7. The van der Waals surface area contributed by atoms with Crippen molar-refractivity contribution in [1.82, 2.24) is 0 Å². The van der Waals surface area contributed by atoms with E-state index in [-0.39, 0.29) is 25.7 Å². The molecule has 0 aromatic heterocycles. The van der Waals surface area contributed by atoms with Gasteiger partial charge in [-0.1, -0.05) is 20.8 Å². The molecule has 2 atom stereocenters. The molecule has 0 radical (unpaired) electrons. The van der Waals surface area contributed by atoms with E-state index in [0.717, 1.165) is 6.92 Å². The van der Waals surface area contributed by atoms with E-state index in [2.05, 4.69) is 4.74 Å². The normalized spacial score (nSPS) is 15.9. The van der Waals surface area contributed by atoms with E-state index in [1.807, 2.05) is 0 Å². The minimum atomic E-state index is -4.45.